The molecule has 15 heavy (non-hydrogen) atoms. The lowest BCUT2D eigenvalue weighted by Crippen LogP contribution is -2.27. The van der Waals surface area contributed by atoms with Gasteiger partial charge in [-0.05, 0) is 32.1 Å². The van der Waals surface area contributed by atoms with Crippen LogP contribution in [0.5, 0.6) is 0 Å². The molecule has 0 spiro atoms. The summed E-state index contributed by atoms with van der Waals surface area (Å²) in [6.07, 6.45) is 4.77. The highest BCUT2D eigenvalue weighted by Crippen LogP contribution is 2.23. The Balaban J connectivity index is 2.10. The lowest BCUT2D eigenvalue weighted by molar-refractivity contribution is -0.329. The minimum absolute atomic E-state index is 0.0773. The molecule has 0 amide bonds. The van der Waals surface area contributed by atoms with E-state index in [4.69, 9.17) is 14.5 Å². The van der Waals surface area contributed by atoms with Crippen LogP contribution in [0.15, 0.2) is 0 Å². The van der Waals surface area contributed by atoms with Crippen LogP contribution in [-0.2, 0) is 19.3 Å². The van der Waals surface area contributed by atoms with Crippen molar-refractivity contribution in [3.8, 4) is 0 Å². The van der Waals surface area contributed by atoms with Gasteiger partial charge in [0.15, 0.2) is 0 Å². The summed E-state index contributed by atoms with van der Waals surface area (Å²) in [5.74, 6) is -0.193. The molecule has 0 bridgehead atoms. The number of hydrogen-bond donors (Lipinski definition) is 0. The van der Waals surface area contributed by atoms with E-state index in [2.05, 4.69) is 0 Å². The zero-order chi connectivity index (χ0) is 11.1. The Kier molecular flexibility index (Phi) is 5.65. The summed E-state index contributed by atoms with van der Waals surface area (Å²) in [6, 6.07) is 0. The summed E-state index contributed by atoms with van der Waals surface area (Å²) < 4.78 is 5.13. The van der Waals surface area contributed by atoms with E-state index in [1.54, 1.807) is 0 Å². The Hall–Kier alpha value is -0.610. The van der Waals surface area contributed by atoms with Gasteiger partial charge in [0.1, 0.15) is 6.10 Å². The van der Waals surface area contributed by atoms with Crippen LogP contribution in [0, 0.1) is 0 Å². The first-order valence-electron chi connectivity index (χ1n) is 5.68. The van der Waals surface area contributed by atoms with Crippen LogP contribution in [0.4, 0.5) is 0 Å². The van der Waals surface area contributed by atoms with Gasteiger partial charge in [-0.25, -0.2) is 9.78 Å². The topological polar surface area (TPSA) is 44.8 Å². The molecule has 0 N–H and O–H groups in total. The van der Waals surface area contributed by atoms with Crippen molar-refractivity contribution in [2.75, 3.05) is 6.61 Å². The Morgan fingerprint density at radius 1 is 1.20 bits per heavy atom. The Morgan fingerprint density at radius 3 is 2.33 bits per heavy atom. The summed E-state index contributed by atoms with van der Waals surface area (Å²) in [5.41, 5.74) is 0. The van der Waals surface area contributed by atoms with Crippen molar-refractivity contribution in [1.82, 2.24) is 0 Å². The molecule has 4 heteroatoms. The third kappa shape index (κ3) is 5.14. The van der Waals surface area contributed by atoms with Crippen molar-refractivity contribution in [2.45, 2.75) is 58.2 Å². The van der Waals surface area contributed by atoms with E-state index < -0.39 is 0 Å². The SMILES string of the molecule is CCCOOC1CCC(OC(C)=O)CC1. The standard InChI is InChI=1S/C11H20O4/c1-3-8-13-15-11-6-4-10(5-7-11)14-9(2)12/h10-11H,3-8H2,1-2H3. The highest BCUT2D eigenvalue weighted by Gasteiger charge is 2.24. The molecular weight excluding hydrogens is 196 g/mol. The fourth-order valence-corrected chi connectivity index (χ4v) is 1.71. The Labute approximate surface area is 90.8 Å². The number of hydrogen-bond acceptors (Lipinski definition) is 4. The monoisotopic (exact) mass is 216 g/mol. The first-order valence-corrected chi connectivity index (χ1v) is 5.68. The molecule has 0 aromatic rings. The van der Waals surface area contributed by atoms with E-state index in [9.17, 15) is 4.79 Å². The first-order chi connectivity index (χ1) is 7.22. The molecule has 0 aromatic heterocycles. The summed E-state index contributed by atoms with van der Waals surface area (Å²) in [4.78, 5) is 21.0. The van der Waals surface area contributed by atoms with E-state index in [-0.39, 0.29) is 18.2 Å². The normalized spacial score (nSPS) is 26.3. The number of rotatable bonds is 5. The van der Waals surface area contributed by atoms with Crippen LogP contribution in [0.2, 0.25) is 0 Å². The molecule has 1 saturated carbocycles. The molecule has 1 rings (SSSR count). The second-order valence-corrected chi connectivity index (χ2v) is 3.93. The fraction of sp³-hybridized carbons (Fsp3) is 0.909. The predicted octanol–water partition coefficient (Wildman–Crippen LogP) is 2.22. The molecule has 0 aliphatic heterocycles. The lowest BCUT2D eigenvalue weighted by Gasteiger charge is -2.26. The van der Waals surface area contributed by atoms with Crippen LogP contribution in [0.3, 0.4) is 0 Å². The molecule has 4 nitrogen and oxygen atoms in total. The van der Waals surface area contributed by atoms with Crippen molar-refractivity contribution >= 4 is 5.97 Å². The van der Waals surface area contributed by atoms with Crippen LogP contribution in [-0.4, -0.2) is 24.8 Å². The predicted molar refractivity (Wildman–Crippen MR) is 55.1 cm³/mol. The van der Waals surface area contributed by atoms with E-state index in [1.165, 1.54) is 6.92 Å². The molecule has 0 atom stereocenters. The highest BCUT2D eigenvalue weighted by molar-refractivity contribution is 5.66. The Bertz CT molecular complexity index is 185. The van der Waals surface area contributed by atoms with Gasteiger partial charge in [0.2, 0.25) is 0 Å². The van der Waals surface area contributed by atoms with Gasteiger partial charge in [-0.1, -0.05) is 6.92 Å². The molecule has 0 unspecified atom stereocenters. The first kappa shape index (κ1) is 12.5. The van der Waals surface area contributed by atoms with Gasteiger partial charge in [-0.3, -0.25) is 4.79 Å². The maximum atomic E-state index is 10.7. The van der Waals surface area contributed by atoms with Crippen molar-refractivity contribution in [3.05, 3.63) is 0 Å². The van der Waals surface area contributed by atoms with Crippen molar-refractivity contribution < 1.29 is 19.3 Å². The molecule has 1 aliphatic rings. The molecule has 0 heterocycles. The summed E-state index contributed by atoms with van der Waals surface area (Å²) in [7, 11) is 0. The molecule has 1 fully saturated rings. The fourth-order valence-electron chi connectivity index (χ4n) is 1.71. The molecule has 0 saturated heterocycles. The minimum atomic E-state index is -0.193. The van der Waals surface area contributed by atoms with Gasteiger partial charge in [0.25, 0.3) is 0 Å². The van der Waals surface area contributed by atoms with Gasteiger partial charge in [0.05, 0.1) is 12.7 Å². The third-order valence-electron chi connectivity index (χ3n) is 2.45. The van der Waals surface area contributed by atoms with Crippen molar-refractivity contribution in [3.63, 3.8) is 0 Å². The molecule has 0 radical (unpaired) electrons. The second kappa shape index (κ2) is 6.80. The zero-order valence-corrected chi connectivity index (χ0v) is 9.53. The average Bonchev–Trinajstić information content (AvgIpc) is 2.20. The quantitative estimate of drug-likeness (QED) is 0.306. The summed E-state index contributed by atoms with van der Waals surface area (Å²) >= 11 is 0. The summed E-state index contributed by atoms with van der Waals surface area (Å²) in [6.45, 7) is 4.14. The van der Waals surface area contributed by atoms with Crippen LogP contribution in [0.1, 0.15) is 46.0 Å². The lowest BCUT2D eigenvalue weighted by atomic mass is 9.95. The van der Waals surface area contributed by atoms with Crippen LogP contribution < -0.4 is 0 Å². The van der Waals surface area contributed by atoms with E-state index in [1.807, 2.05) is 6.92 Å². The average molecular weight is 216 g/mol. The molecule has 1 aliphatic carbocycles. The van der Waals surface area contributed by atoms with Gasteiger partial charge in [0, 0.05) is 6.92 Å². The van der Waals surface area contributed by atoms with Crippen LogP contribution in [0.25, 0.3) is 0 Å². The van der Waals surface area contributed by atoms with Crippen LogP contribution >= 0.6 is 0 Å². The maximum Gasteiger partial charge on any atom is 0.302 e. The van der Waals surface area contributed by atoms with E-state index in [0.29, 0.717) is 6.61 Å². The van der Waals surface area contributed by atoms with Crippen molar-refractivity contribution in [2.24, 2.45) is 0 Å². The number of carbonyl (C=O) groups is 1. The van der Waals surface area contributed by atoms with E-state index >= 15 is 0 Å². The van der Waals surface area contributed by atoms with Gasteiger partial charge < -0.3 is 4.74 Å². The maximum absolute atomic E-state index is 10.7. The minimum Gasteiger partial charge on any atom is -0.463 e. The molecule has 88 valence electrons. The second-order valence-electron chi connectivity index (χ2n) is 3.93. The van der Waals surface area contributed by atoms with Gasteiger partial charge in [-0.2, -0.15) is 0 Å². The van der Waals surface area contributed by atoms with Crippen molar-refractivity contribution in [1.29, 1.82) is 0 Å². The molecular formula is C11H20O4. The third-order valence-corrected chi connectivity index (χ3v) is 2.45. The Morgan fingerprint density at radius 2 is 1.80 bits per heavy atom. The largest absolute Gasteiger partial charge is 0.463 e. The number of carbonyl (C=O) groups excluding carboxylic acids is 1. The molecule has 0 aromatic carbocycles. The summed E-state index contributed by atoms with van der Waals surface area (Å²) in [5, 5.41) is 0. The number of ether oxygens (including phenoxy) is 1. The van der Waals surface area contributed by atoms with E-state index in [0.717, 1.165) is 32.1 Å². The van der Waals surface area contributed by atoms with Gasteiger partial charge >= 0.3 is 5.97 Å². The smallest absolute Gasteiger partial charge is 0.302 e. The number of esters is 1. The zero-order valence-electron chi connectivity index (χ0n) is 9.53. The van der Waals surface area contributed by atoms with Gasteiger partial charge in [-0.15, -0.1) is 0 Å². The highest BCUT2D eigenvalue weighted by atomic mass is 17.2.